The number of hydrogen-bond acceptors (Lipinski definition) is 3. The average molecular weight is 238 g/mol. The van der Waals surface area contributed by atoms with Crippen LogP contribution in [0.3, 0.4) is 0 Å². The van der Waals surface area contributed by atoms with E-state index in [9.17, 15) is 18.8 Å². The summed E-state index contributed by atoms with van der Waals surface area (Å²) in [5.74, 6) is -1.90. The Morgan fingerprint density at radius 2 is 2.12 bits per heavy atom. The Bertz CT molecular complexity index is 716. The molecule has 17 heavy (non-hydrogen) atoms. The second kappa shape index (κ2) is 3.85. The van der Waals surface area contributed by atoms with Crippen molar-refractivity contribution in [3.05, 3.63) is 44.9 Å². The molecule has 1 heterocycles. The van der Waals surface area contributed by atoms with Gasteiger partial charge in [-0.05, 0) is 18.2 Å². The summed E-state index contributed by atoms with van der Waals surface area (Å²) in [5, 5.41) is 8.62. The number of carboxylic acid groups (broad SMARTS) is 1. The van der Waals surface area contributed by atoms with Crippen molar-refractivity contribution in [3.63, 3.8) is 0 Å². The number of rotatable bonds is 2. The molecule has 2 N–H and O–H groups in total. The highest BCUT2D eigenvalue weighted by molar-refractivity contribution is 5.77. The third-order valence-corrected chi connectivity index (χ3v) is 2.24. The van der Waals surface area contributed by atoms with Gasteiger partial charge in [0.1, 0.15) is 12.4 Å². The molecule has 0 aliphatic carbocycles. The van der Waals surface area contributed by atoms with Gasteiger partial charge in [-0.15, -0.1) is 0 Å². The Labute approximate surface area is 92.9 Å². The quantitative estimate of drug-likeness (QED) is 0.765. The number of nitrogens with one attached hydrogen (secondary N) is 1. The highest BCUT2D eigenvalue weighted by Gasteiger charge is 2.10. The molecule has 1 aromatic carbocycles. The van der Waals surface area contributed by atoms with Crippen LogP contribution in [0.4, 0.5) is 4.39 Å². The molecule has 1 aromatic heterocycles. The van der Waals surface area contributed by atoms with E-state index in [-0.39, 0.29) is 10.9 Å². The first-order valence-corrected chi connectivity index (χ1v) is 4.63. The first kappa shape index (κ1) is 11.1. The van der Waals surface area contributed by atoms with E-state index < -0.39 is 29.6 Å². The molecule has 0 fully saturated rings. The van der Waals surface area contributed by atoms with E-state index in [2.05, 4.69) is 4.98 Å². The molecule has 0 amide bonds. The minimum atomic E-state index is -1.31. The molecule has 0 atom stereocenters. The number of fused-ring (bicyclic) bond motifs is 1. The van der Waals surface area contributed by atoms with Gasteiger partial charge in [0.25, 0.3) is 5.56 Å². The van der Waals surface area contributed by atoms with Crippen LogP contribution in [-0.4, -0.2) is 20.6 Å². The topological polar surface area (TPSA) is 92.2 Å². The van der Waals surface area contributed by atoms with Crippen LogP contribution in [0.1, 0.15) is 0 Å². The number of halogens is 1. The maximum atomic E-state index is 12.9. The maximum absolute atomic E-state index is 12.9. The number of benzene rings is 1. The Hall–Kier alpha value is -2.44. The number of H-pyrrole nitrogens is 1. The Morgan fingerprint density at radius 3 is 2.76 bits per heavy atom. The predicted octanol–water partition coefficient (Wildman–Crippen LogP) is -0.0865. The number of aromatic nitrogens is 2. The number of carboxylic acids is 1. The zero-order chi connectivity index (χ0) is 12.6. The number of carbonyl (C=O) groups is 1. The summed E-state index contributed by atoms with van der Waals surface area (Å²) in [4.78, 5) is 35.9. The van der Waals surface area contributed by atoms with Crippen molar-refractivity contribution in [1.82, 2.24) is 9.55 Å². The molecule has 6 nitrogen and oxygen atoms in total. The number of nitrogens with zero attached hydrogens (tertiary/aromatic N) is 1. The molecule has 0 saturated heterocycles. The van der Waals surface area contributed by atoms with Gasteiger partial charge in [0.2, 0.25) is 0 Å². The van der Waals surface area contributed by atoms with Crippen molar-refractivity contribution in [1.29, 1.82) is 0 Å². The second-order valence-electron chi connectivity index (χ2n) is 3.41. The summed E-state index contributed by atoms with van der Waals surface area (Å²) in [5.41, 5.74) is -1.59. The van der Waals surface area contributed by atoms with E-state index in [4.69, 9.17) is 5.11 Å². The van der Waals surface area contributed by atoms with Gasteiger partial charge in [-0.25, -0.2) is 13.8 Å². The molecule has 0 radical (unpaired) electrons. The molecule has 0 unspecified atom stereocenters. The van der Waals surface area contributed by atoms with E-state index in [0.29, 0.717) is 4.57 Å². The second-order valence-corrected chi connectivity index (χ2v) is 3.41. The minimum absolute atomic E-state index is 0.0432. The maximum Gasteiger partial charge on any atom is 0.329 e. The lowest BCUT2D eigenvalue weighted by Gasteiger charge is -2.03. The van der Waals surface area contributed by atoms with Crippen molar-refractivity contribution in [2.45, 2.75) is 6.54 Å². The first-order chi connectivity index (χ1) is 7.99. The third-order valence-electron chi connectivity index (χ3n) is 2.24. The van der Waals surface area contributed by atoms with Gasteiger partial charge in [-0.1, -0.05) is 0 Å². The lowest BCUT2D eigenvalue weighted by atomic mass is 10.2. The smallest absolute Gasteiger partial charge is 0.329 e. The van der Waals surface area contributed by atoms with Crippen LogP contribution >= 0.6 is 0 Å². The molecule has 88 valence electrons. The van der Waals surface area contributed by atoms with E-state index in [1.165, 1.54) is 6.07 Å². The molecule has 0 aliphatic rings. The number of hydrogen-bond donors (Lipinski definition) is 2. The molecule has 0 bridgehead atoms. The summed E-state index contributed by atoms with van der Waals surface area (Å²) < 4.78 is 13.4. The normalized spacial score (nSPS) is 10.6. The molecule has 0 aliphatic heterocycles. The van der Waals surface area contributed by atoms with Crippen LogP contribution in [-0.2, 0) is 11.3 Å². The van der Waals surface area contributed by atoms with Gasteiger partial charge >= 0.3 is 11.7 Å². The van der Waals surface area contributed by atoms with Gasteiger partial charge < -0.3 is 10.1 Å². The van der Waals surface area contributed by atoms with Crippen molar-refractivity contribution < 1.29 is 14.3 Å². The monoisotopic (exact) mass is 238 g/mol. The van der Waals surface area contributed by atoms with Gasteiger partial charge in [-0.2, -0.15) is 0 Å². The van der Waals surface area contributed by atoms with Crippen LogP contribution in [0.5, 0.6) is 0 Å². The molecule has 0 saturated carbocycles. The summed E-state index contributed by atoms with van der Waals surface area (Å²) in [7, 11) is 0. The lowest BCUT2D eigenvalue weighted by molar-refractivity contribution is -0.137. The van der Waals surface area contributed by atoms with Crippen molar-refractivity contribution >= 4 is 16.9 Å². The van der Waals surface area contributed by atoms with Crippen LogP contribution in [0.25, 0.3) is 10.9 Å². The lowest BCUT2D eigenvalue weighted by Crippen LogP contribution is -2.37. The SMILES string of the molecule is O=C(O)Cn1c(=O)[nH]c2cc(F)ccc2c1=O. The zero-order valence-corrected chi connectivity index (χ0v) is 8.44. The molecule has 0 spiro atoms. The molecule has 7 heteroatoms. The van der Waals surface area contributed by atoms with Crippen LogP contribution in [0, 0.1) is 5.82 Å². The van der Waals surface area contributed by atoms with Crippen molar-refractivity contribution in [2.24, 2.45) is 0 Å². The minimum Gasteiger partial charge on any atom is -0.480 e. The third kappa shape index (κ3) is 1.94. The largest absolute Gasteiger partial charge is 0.480 e. The number of aromatic amines is 1. The summed E-state index contributed by atoms with van der Waals surface area (Å²) in [6, 6.07) is 3.26. The highest BCUT2D eigenvalue weighted by Crippen LogP contribution is 2.07. The van der Waals surface area contributed by atoms with Crippen molar-refractivity contribution in [2.75, 3.05) is 0 Å². The van der Waals surface area contributed by atoms with Crippen LogP contribution in [0.2, 0.25) is 0 Å². The first-order valence-electron chi connectivity index (χ1n) is 4.63. The Kier molecular flexibility index (Phi) is 2.51. The number of aliphatic carboxylic acids is 1. The molecular weight excluding hydrogens is 231 g/mol. The fourth-order valence-electron chi connectivity index (χ4n) is 1.51. The summed E-state index contributed by atoms with van der Waals surface area (Å²) in [6.45, 7) is -0.735. The van der Waals surface area contributed by atoms with Gasteiger partial charge in [0.05, 0.1) is 10.9 Å². The fraction of sp³-hybridized carbons (Fsp3) is 0.100. The highest BCUT2D eigenvalue weighted by atomic mass is 19.1. The average Bonchev–Trinajstić information content (AvgIpc) is 2.23. The molecular formula is C10H7FN2O4. The van der Waals surface area contributed by atoms with Gasteiger partial charge in [-0.3, -0.25) is 9.59 Å². The van der Waals surface area contributed by atoms with Crippen LogP contribution in [0.15, 0.2) is 27.8 Å². The standard InChI is InChI=1S/C10H7FN2O4/c11-5-1-2-6-7(3-5)12-10(17)13(9(6)16)4-8(14)15/h1-3H,4H2,(H,12,17)(H,14,15). The van der Waals surface area contributed by atoms with Crippen molar-refractivity contribution in [3.8, 4) is 0 Å². The summed E-state index contributed by atoms with van der Waals surface area (Å²) in [6.07, 6.45) is 0. The van der Waals surface area contributed by atoms with E-state index in [0.717, 1.165) is 12.1 Å². The zero-order valence-electron chi connectivity index (χ0n) is 8.44. The Morgan fingerprint density at radius 1 is 1.41 bits per heavy atom. The van der Waals surface area contributed by atoms with Gasteiger partial charge in [0.15, 0.2) is 0 Å². The Balaban J connectivity index is 2.81. The van der Waals surface area contributed by atoms with Gasteiger partial charge in [0, 0.05) is 0 Å². The van der Waals surface area contributed by atoms with E-state index >= 15 is 0 Å². The predicted molar refractivity (Wildman–Crippen MR) is 56.4 cm³/mol. The van der Waals surface area contributed by atoms with E-state index in [1.807, 2.05) is 0 Å². The summed E-state index contributed by atoms with van der Waals surface area (Å²) >= 11 is 0. The molecule has 2 rings (SSSR count). The fourth-order valence-corrected chi connectivity index (χ4v) is 1.51. The van der Waals surface area contributed by atoms with E-state index in [1.54, 1.807) is 0 Å². The molecule has 2 aromatic rings. The van der Waals surface area contributed by atoms with Crippen LogP contribution < -0.4 is 11.2 Å².